The van der Waals surface area contributed by atoms with Gasteiger partial charge in [0.1, 0.15) is 12.4 Å². The molecule has 0 unspecified atom stereocenters. The number of alkyl halides is 10. The maximum Gasteiger partial charge on any atom is 0.467 e. The van der Waals surface area contributed by atoms with Gasteiger partial charge in [0.2, 0.25) is 0 Å². The SMILES string of the molecule is CCCC[n+]1cc[nH]c1C.O=S(=O)([N-]S(=O)(=O)C(F)(F)C(F)(F)F)C(F)(F)C(F)(F)F. The van der Waals surface area contributed by atoms with E-state index in [1.807, 2.05) is 6.20 Å². The van der Waals surface area contributed by atoms with Crippen LogP contribution in [0.25, 0.3) is 4.13 Å². The zero-order valence-electron chi connectivity index (χ0n) is 15.4. The molecule has 1 rings (SSSR count). The molecule has 184 valence electrons. The second-order valence-corrected chi connectivity index (χ2v) is 9.17. The van der Waals surface area contributed by atoms with Gasteiger partial charge >= 0.3 is 22.9 Å². The van der Waals surface area contributed by atoms with Crippen LogP contribution in [0, 0.1) is 6.92 Å². The first-order chi connectivity index (χ1) is 13.5. The number of aryl methyl sites for hydroxylation is 2. The molecule has 1 aromatic heterocycles. The van der Waals surface area contributed by atoms with Gasteiger partial charge < -0.3 is 4.13 Å². The van der Waals surface area contributed by atoms with Crippen LogP contribution in [0.15, 0.2) is 12.4 Å². The number of unbranched alkanes of at least 4 members (excludes halogenated alkanes) is 1. The number of halogens is 10. The third kappa shape index (κ3) is 6.67. The fraction of sp³-hybridized carbons (Fsp3) is 0.750. The molecule has 0 atom stereocenters. The van der Waals surface area contributed by atoms with Crippen molar-refractivity contribution in [3.8, 4) is 0 Å². The molecule has 0 spiro atoms. The standard InChI is InChI=1S/C8H14N2.C4F10NO4S2/c1-3-4-6-10-7-5-9-8(10)2;5-1(6,7)3(11,12)20(16,17)15-21(18,19)4(13,14)2(8,9)10/h5,7H,3-4,6H2,1-2H3;/q;-1/p+1. The Morgan fingerprint density at radius 1 is 0.871 bits per heavy atom. The first kappa shape index (κ1) is 29.4. The van der Waals surface area contributed by atoms with E-state index in [1.165, 1.54) is 18.7 Å². The number of nitrogens with one attached hydrogen (secondary N) is 1. The van der Waals surface area contributed by atoms with E-state index in [1.54, 1.807) is 0 Å². The number of sulfonamides is 2. The average Bonchev–Trinajstić information content (AvgIpc) is 2.95. The zero-order chi connectivity index (χ0) is 25.1. The molecule has 0 radical (unpaired) electrons. The Morgan fingerprint density at radius 2 is 1.26 bits per heavy atom. The van der Waals surface area contributed by atoms with Crippen LogP contribution in [0.4, 0.5) is 43.9 Å². The Labute approximate surface area is 169 Å². The van der Waals surface area contributed by atoms with Crippen molar-refractivity contribution in [2.45, 2.75) is 56.1 Å². The van der Waals surface area contributed by atoms with Crippen molar-refractivity contribution in [3.05, 3.63) is 22.3 Å². The molecule has 0 saturated carbocycles. The predicted molar refractivity (Wildman–Crippen MR) is 83.8 cm³/mol. The summed E-state index contributed by atoms with van der Waals surface area (Å²) >= 11 is 0. The van der Waals surface area contributed by atoms with E-state index in [9.17, 15) is 60.7 Å². The summed E-state index contributed by atoms with van der Waals surface area (Å²) in [7, 11) is -15.2. The molecule has 31 heavy (non-hydrogen) atoms. The van der Waals surface area contributed by atoms with Gasteiger partial charge in [0.25, 0.3) is 5.82 Å². The lowest BCUT2D eigenvalue weighted by atomic mass is 10.3. The third-order valence-electron chi connectivity index (χ3n) is 3.23. The summed E-state index contributed by atoms with van der Waals surface area (Å²) in [5, 5.41) is -14.0. The smallest absolute Gasteiger partial charge is 0.425 e. The van der Waals surface area contributed by atoms with Gasteiger partial charge in [0.15, 0.2) is 20.0 Å². The minimum atomic E-state index is -7.62. The highest BCUT2D eigenvalue weighted by molar-refractivity contribution is 8.13. The van der Waals surface area contributed by atoms with Crippen LogP contribution in [-0.4, -0.2) is 44.7 Å². The number of nitrogens with zero attached hydrogens (tertiary/aromatic N) is 2. The summed E-state index contributed by atoms with van der Waals surface area (Å²) in [6.45, 7) is 5.45. The van der Waals surface area contributed by atoms with Gasteiger partial charge in [-0.2, -0.15) is 43.9 Å². The van der Waals surface area contributed by atoms with Gasteiger partial charge in [-0.15, -0.1) is 0 Å². The minimum Gasteiger partial charge on any atom is -0.425 e. The molecular weight excluding hydrogens is 504 g/mol. The number of hydrogen-bond acceptors (Lipinski definition) is 4. The van der Waals surface area contributed by atoms with Gasteiger partial charge in [-0.05, 0) is 6.42 Å². The lowest BCUT2D eigenvalue weighted by molar-refractivity contribution is -0.701. The van der Waals surface area contributed by atoms with Crippen LogP contribution in [0.5, 0.6) is 0 Å². The lowest BCUT2D eigenvalue weighted by Gasteiger charge is -2.31. The summed E-state index contributed by atoms with van der Waals surface area (Å²) in [5.41, 5.74) is 0. The fourth-order valence-corrected chi connectivity index (χ4v) is 3.90. The molecule has 7 nitrogen and oxygen atoms in total. The van der Waals surface area contributed by atoms with Crippen molar-refractivity contribution in [2.24, 2.45) is 0 Å². The molecule has 0 aliphatic rings. The van der Waals surface area contributed by atoms with Crippen LogP contribution in [-0.2, 0) is 26.6 Å². The summed E-state index contributed by atoms with van der Waals surface area (Å²) in [6, 6.07) is 0. The number of hydrogen-bond donors (Lipinski definition) is 1. The molecule has 0 saturated heterocycles. The normalized spacial score (nSPS) is 14.2. The molecule has 0 fully saturated rings. The highest BCUT2D eigenvalue weighted by Crippen LogP contribution is 2.47. The van der Waals surface area contributed by atoms with Crippen molar-refractivity contribution in [1.29, 1.82) is 0 Å². The first-order valence-electron chi connectivity index (χ1n) is 7.71. The van der Waals surface area contributed by atoms with E-state index in [2.05, 4.69) is 29.6 Å². The van der Waals surface area contributed by atoms with Crippen LogP contribution >= 0.6 is 0 Å². The van der Waals surface area contributed by atoms with Gasteiger partial charge in [-0.3, -0.25) is 0 Å². The summed E-state index contributed by atoms with van der Waals surface area (Å²) in [4.78, 5) is 3.14. The number of imidazole rings is 1. The van der Waals surface area contributed by atoms with Crippen molar-refractivity contribution in [2.75, 3.05) is 0 Å². The molecule has 1 aromatic rings. The van der Waals surface area contributed by atoms with Crippen molar-refractivity contribution in [3.63, 3.8) is 0 Å². The molecule has 0 bridgehead atoms. The predicted octanol–water partition coefficient (Wildman–Crippen LogP) is 3.74. The van der Waals surface area contributed by atoms with E-state index in [0.717, 1.165) is 6.54 Å². The van der Waals surface area contributed by atoms with Crippen LogP contribution in [0.2, 0.25) is 0 Å². The number of aromatic amines is 1. The zero-order valence-corrected chi connectivity index (χ0v) is 17.0. The Balaban J connectivity index is 0.000000743. The van der Waals surface area contributed by atoms with Gasteiger partial charge in [-0.1, -0.05) is 13.3 Å². The molecule has 0 aliphatic heterocycles. The number of aromatic nitrogens is 2. The molecular formula is C12H15F10N3O4S2. The van der Waals surface area contributed by atoms with Crippen molar-refractivity contribution in [1.82, 2.24) is 4.98 Å². The highest BCUT2D eigenvalue weighted by Gasteiger charge is 2.68. The lowest BCUT2D eigenvalue weighted by Crippen LogP contribution is -2.48. The van der Waals surface area contributed by atoms with E-state index >= 15 is 0 Å². The van der Waals surface area contributed by atoms with Crippen LogP contribution in [0.3, 0.4) is 0 Å². The summed E-state index contributed by atoms with van der Waals surface area (Å²) in [5.74, 6) is 1.24. The maximum absolute atomic E-state index is 12.3. The van der Waals surface area contributed by atoms with E-state index in [-0.39, 0.29) is 0 Å². The Kier molecular flexibility index (Phi) is 8.97. The van der Waals surface area contributed by atoms with E-state index in [0.29, 0.717) is 4.13 Å². The Morgan fingerprint density at radius 3 is 1.52 bits per heavy atom. The Bertz CT molecular complexity index is 883. The number of H-pyrrole nitrogens is 1. The molecule has 1 N–H and O–H groups in total. The summed E-state index contributed by atoms with van der Waals surface area (Å²) < 4.78 is 163. The monoisotopic (exact) mass is 519 g/mol. The fourth-order valence-electron chi connectivity index (χ4n) is 1.53. The first-order valence-corrected chi connectivity index (χ1v) is 10.6. The molecule has 0 amide bonds. The van der Waals surface area contributed by atoms with Crippen LogP contribution < -0.4 is 4.57 Å². The molecule has 0 aliphatic carbocycles. The second-order valence-electron chi connectivity index (χ2n) is 5.65. The molecule has 1 heterocycles. The van der Waals surface area contributed by atoms with Gasteiger partial charge in [0.05, 0.1) is 6.54 Å². The van der Waals surface area contributed by atoms with E-state index < -0.39 is 42.9 Å². The largest absolute Gasteiger partial charge is 0.467 e. The Hall–Kier alpha value is -1.63. The highest BCUT2D eigenvalue weighted by atomic mass is 32.3. The quantitative estimate of drug-likeness (QED) is 0.438. The van der Waals surface area contributed by atoms with Gasteiger partial charge in [-0.25, -0.2) is 26.4 Å². The van der Waals surface area contributed by atoms with Gasteiger partial charge in [0, 0.05) is 6.92 Å². The molecule has 19 heteroatoms. The van der Waals surface area contributed by atoms with Crippen molar-refractivity contribution < 1.29 is 65.3 Å². The second kappa shape index (κ2) is 9.47. The van der Waals surface area contributed by atoms with Crippen molar-refractivity contribution >= 4 is 20.0 Å². The third-order valence-corrected chi connectivity index (χ3v) is 6.56. The van der Waals surface area contributed by atoms with E-state index in [4.69, 9.17) is 0 Å². The maximum atomic E-state index is 12.3. The molecule has 0 aromatic carbocycles. The summed E-state index contributed by atoms with van der Waals surface area (Å²) in [6.07, 6.45) is -7.41. The average molecular weight is 519 g/mol. The van der Waals surface area contributed by atoms with Crippen LogP contribution in [0.1, 0.15) is 25.6 Å². The minimum absolute atomic E-state index is 0.422. The topological polar surface area (TPSA) is 102 Å². The number of rotatable bonds is 7.